The highest BCUT2D eigenvalue weighted by atomic mass is 32.2. The third-order valence-corrected chi connectivity index (χ3v) is 6.68. The SMILES string of the molecule is CCCN1C(C)=NS(=O)(=O)c2cc(C(=O)N3c4ccccc4C[C@@H]3C)ccc21. The number of fused-ring (bicyclic) bond motifs is 2. The number of hydrogen-bond donors (Lipinski definition) is 0. The quantitative estimate of drug-likeness (QED) is 0.793. The van der Waals surface area contributed by atoms with Crippen molar-refractivity contribution in [1.82, 2.24) is 0 Å². The molecule has 4 rings (SSSR count). The van der Waals surface area contributed by atoms with Crippen molar-refractivity contribution >= 4 is 33.1 Å². The molecule has 7 heteroatoms. The van der Waals surface area contributed by atoms with Crippen molar-refractivity contribution in [3.05, 3.63) is 53.6 Å². The number of rotatable bonds is 3. The molecule has 0 spiro atoms. The van der Waals surface area contributed by atoms with Crippen molar-refractivity contribution in [3.8, 4) is 0 Å². The van der Waals surface area contributed by atoms with Crippen LogP contribution in [-0.4, -0.2) is 32.7 Å². The predicted octanol–water partition coefficient (Wildman–Crippen LogP) is 3.62. The van der Waals surface area contributed by atoms with Gasteiger partial charge < -0.3 is 9.80 Å². The summed E-state index contributed by atoms with van der Waals surface area (Å²) in [5.74, 6) is 0.263. The van der Waals surface area contributed by atoms with E-state index in [-0.39, 0.29) is 16.8 Å². The van der Waals surface area contributed by atoms with Crippen molar-refractivity contribution in [3.63, 3.8) is 0 Å². The zero-order valence-corrected chi connectivity index (χ0v) is 17.0. The Bertz CT molecular complexity index is 1090. The number of carbonyl (C=O) groups is 1. The number of para-hydroxylation sites is 1. The van der Waals surface area contributed by atoms with Gasteiger partial charge in [-0.15, -0.1) is 4.40 Å². The molecule has 146 valence electrons. The normalized spacial score (nSPS) is 19.8. The highest BCUT2D eigenvalue weighted by Crippen LogP contribution is 2.36. The van der Waals surface area contributed by atoms with E-state index in [4.69, 9.17) is 0 Å². The zero-order chi connectivity index (χ0) is 20.1. The first-order valence-corrected chi connectivity index (χ1v) is 10.9. The van der Waals surface area contributed by atoms with E-state index in [1.165, 1.54) is 6.07 Å². The highest BCUT2D eigenvalue weighted by molar-refractivity contribution is 7.90. The van der Waals surface area contributed by atoms with Crippen molar-refractivity contribution in [2.24, 2.45) is 4.40 Å². The molecule has 0 saturated carbocycles. The Labute approximate surface area is 165 Å². The van der Waals surface area contributed by atoms with Crippen LogP contribution in [-0.2, 0) is 16.4 Å². The van der Waals surface area contributed by atoms with Gasteiger partial charge in [-0.3, -0.25) is 4.79 Å². The molecule has 28 heavy (non-hydrogen) atoms. The van der Waals surface area contributed by atoms with Gasteiger partial charge in [-0.1, -0.05) is 25.1 Å². The van der Waals surface area contributed by atoms with E-state index in [0.29, 0.717) is 23.6 Å². The smallest absolute Gasteiger partial charge is 0.286 e. The lowest BCUT2D eigenvalue weighted by atomic mass is 10.1. The predicted molar refractivity (Wildman–Crippen MR) is 111 cm³/mol. The summed E-state index contributed by atoms with van der Waals surface area (Å²) in [6.07, 6.45) is 1.65. The molecule has 1 atom stereocenters. The maximum Gasteiger partial charge on any atom is 0.286 e. The van der Waals surface area contributed by atoms with E-state index in [9.17, 15) is 13.2 Å². The van der Waals surface area contributed by atoms with Crippen molar-refractivity contribution in [2.75, 3.05) is 16.3 Å². The minimum atomic E-state index is -3.82. The molecule has 2 aliphatic rings. The van der Waals surface area contributed by atoms with Crippen LogP contribution in [0.1, 0.15) is 43.1 Å². The number of benzene rings is 2. The topological polar surface area (TPSA) is 70.0 Å². The summed E-state index contributed by atoms with van der Waals surface area (Å²) in [4.78, 5) is 17.0. The maximum absolute atomic E-state index is 13.3. The van der Waals surface area contributed by atoms with E-state index < -0.39 is 10.0 Å². The van der Waals surface area contributed by atoms with Gasteiger partial charge in [0.05, 0.1) is 5.69 Å². The minimum absolute atomic E-state index is 0.0226. The Balaban J connectivity index is 1.77. The van der Waals surface area contributed by atoms with Crippen LogP contribution in [0.5, 0.6) is 0 Å². The van der Waals surface area contributed by atoms with Crippen LogP contribution in [0.4, 0.5) is 11.4 Å². The monoisotopic (exact) mass is 397 g/mol. The van der Waals surface area contributed by atoms with Crippen LogP contribution in [0.15, 0.2) is 51.8 Å². The Morgan fingerprint density at radius 2 is 1.93 bits per heavy atom. The van der Waals surface area contributed by atoms with Gasteiger partial charge in [0.2, 0.25) is 0 Å². The number of amides is 1. The third kappa shape index (κ3) is 2.90. The van der Waals surface area contributed by atoms with Gasteiger partial charge in [0.1, 0.15) is 10.7 Å². The Morgan fingerprint density at radius 3 is 2.68 bits per heavy atom. The fourth-order valence-corrected chi connectivity index (χ4v) is 5.31. The molecule has 0 aliphatic carbocycles. The molecule has 0 radical (unpaired) electrons. The van der Waals surface area contributed by atoms with Crippen molar-refractivity contribution in [2.45, 2.75) is 44.6 Å². The molecule has 0 unspecified atom stereocenters. The second-order valence-electron chi connectivity index (χ2n) is 7.30. The first kappa shape index (κ1) is 18.7. The summed E-state index contributed by atoms with van der Waals surface area (Å²) in [7, 11) is -3.82. The molecule has 0 N–H and O–H groups in total. The zero-order valence-electron chi connectivity index (χ0n) is 16.2. The lowest BCUT2D eigenvalue weighted by molar-refractivity contribution is 0.0981. The van der Waals surface area contributed by atoms with Gasteiger partial charge in [-0.05, 0) is 56.5 Å². The van der Waals surface area contributed by atoms with Crippen LogP contribution in [0.25, 0.3) is 0 Å². The molecule has 0 bridgehead atoms. The number of carbonyl (C=O) groups excluding carboxylic acids is 1. The summed E-state index contributed by atoms with van der Waals surface area (Å²) < 4.78 is 29.2. The number of sulfonamides is 1. The average Bonchev–Trinajstić information content (AvgIpc) is 2.99. The summed E-state index contributed by atoms with van der Waals surface area (Å²) in [6, 6.07) is 12.8. The molecule has 0 fully saturated rings. The second kappa shape index (κ2) is 6.74. The van der Waals surface area contributed by atoms with E-state index in [0.717, 1.165) is 24.1 Å². The van der Waals surface area contributed by atoms with Crippen molar-refractivity contribution < 1.29 is 13.2 Å². The molecule has 2 aliphatic heterocycles. The molecular weight excluding hydrogens is 374 g/mol. The van der Waals surface area contributed by atoms with Gasteiger partial charge >= 0.3 is 0 Å². The number of nitrogens with zero attached hydrogens (tertiary/aromatic N) is 3. The summed E-state index contributed by atoms with van der Waals surface area (Å²) in [6.45, 7) is 6.39. The lowest BCUT2D eigenvalue weighted by Crippen LogP contribution is -2.37. The standard InChI is InChI=1S/C21H23N3O3S/c1-4-11-23-15(3)22-28(26,27)20-13-17(9-10-19(20)23)21(25)24-14(2)12-16-7-5-6-8-18(16)24/h5-10,13-14H,4,11-12H2,1-3H3/t14-/m0/s1. The highest BCUT2D eigenvalue weighted by Gasteiger charge is 2.34. The van der Waals surface area contributed by atoms with Crippen LogP contribution in [0.2, 0.25) is 0 Å². The van der Waals surface area contributed by atoms with Crippen LogP contribution >= 0.6 is 0 Å². The Kier molecular flexibility index (Phi) is 4.50. The van der Waals surface area contributed by atoms with Crippen LogP contribution in [0, 0.1) is 0 Å². The van der Waals surface area contributed by atoms with E-state index in [1.807, 2.05) is 43.0 Å². The average molecular weight is 398 g/mol. The molecule has 0 aromatic heterocycles. The van der Waals surface area contributed by atoms with Crippen LogP contribution < -0.4 is 9.80 Å². The van der Waals surface area contributed by atoms with Gasteiger partial charge in [-0.2, -0.15) is 8.42 Å². The number of hydrogen-bond acceptors (Lipinski definition) is 4. The fraction of sp³-hybridized carbons (Fsp3) is 0.333. The van der Waals surface area contributed by atoms with Gasteiger partial charge in [0.15, 0.2) is 0 Å². The van der Waals surface area contributed by atoms with Crippen LogP contribution in [0.3, 0.4) is 0 Å². The van der Waals surface area contributed by atoms with E-state index in [1.54, 1.807) is 24.0 Å². The molecule has 2 aromatic rings. The first-order chi connectivity index (χ1) is 13.3. The third-order valence-electron chi connectivity index (χ3n) is 5.29. The maximum atomic E-state index is 13.3. The first-order valence-electron chi connectivity index (χ1n) is 9.48. The molecule has 0 saturated heterocycles. The lowest BCUT2D eigenvalue weighted by Gasteiger charge is -2.29. The van der Waals surface area contributed by atoms with E-state index >= 15 is 0 Å². The fourth-order valence-electron chi connectivity index (χ4n) is 4.04. The number of amidine groups is 1. The molecule has 6 nitrogen and oxygen atoms in total. The molecular formula is C21H23N3O3S. The molecule has 1 amide bonds. The van der Waals surface area contributed by atoms with Gasteiger partial charge in [-0.25, -0.2) is 0 Å². The molecule has 2 aromatic carbocycles. The largest absolute Gasteiger partial charge is 0.328 e. The summed E-state index contributed by atoms with van der Waals surface area (Å²) in [5.41, 5.74) is 2.96. The minimum Gasteiger partial charge on any atom is -0.328 e. The van der Waals surface area contributed by atoms with Gasteiger partial charge in [0, 0.05) is 23.8 Å². The van der Waals surface area contributed by atoms with Crippen molar-refractivity contribution in [1.29, 1.82) is 0 Å². The second-order valence-corrected chi connectivity index (χ2v) is 8.88. The van der Waals surface area contributed by atoms with E-state index in [2.05, 4.69) is 4.40 Å². The molecule has 2 heterocycles. The Morgan fingerprint density at radius 1 is 1.18 bits per heavy atom. The van der Waals surface area contributed by atoms with Gasteiger partial charge in [0.25, 0.3) is 15.9 Å². The number of anilines is 2. The summed E-state index contributed by atoms with van der Waals surface area (Å²) >= 11 is 0. The summed E-state index contributed by atoms with van der Waals surface area (Å²) in [5, 5.41) is 0. The Hall–Kier alpha value is -2.67.